The lowest BCUT2D eigenvalue weighted by Gasteiger charge is -2.28. The van der Waals surface area contributed by atoms with Gasteiger partial charge >= 0.3 is 5.97 Å². The van der Waals surface area contributed by atoms with Crippen molar-refractivity contribution in [2.24, 2.45) is 27.9 Å². The van der Waals surface area contributed by atoms with E-state index < -0.39 is 78.9 Å². The third kappa shape index (κ3) is 11.0. The number of nitrogens with one attached hydrogen (secondary N) is 3. The van der Waals surface area contributed by atoms with Crippen LogP contribution >= 0.6 is 0 Å². The summed E-state index contributed by atoms with van der Waals surface area (Å²) < 4.78 is 0. The molecule has 14 N–H and O–H groups in total. The molecule has 1 heterocycles. The quantitative estimate of drug-likeness (QED) is 0.0442. The molecule has 18 nitrogen and oxygen atoms in total. The molecule has 0 aromatic rings. The number of nitrogens with two attached hydrogens (primary N) is 4. The SMILES string of the molecule is NC(=O)CC[C@H](NC(=O)[C@H](CO)NC(=O)[C@H](CCCN=C(N)N)NC(=O)[C@@H](N)CO)C(=O)N1CCC[C@H]1C(=O)O. The van der Waals surface area contributed by atoms with Crippen LogP contribution in [0, 0.1) is 0 Å². The molecule has 40 heavy (non-hydrogen) atoms. The third-order valence-corrected chi connectivity index (χ3v) is 6.04. The molecule has 0 saturated carbocycles. The molecule has 1 aliphatic heterocycles. The van der Waals surface area contributed by atoms with Gasteiger partial charge in [0.05, 0.1) is 13.2 Å². The Balaban J connectivity index is 3.02. The van der Waals surface area contributed by atoms with Crippen LogP contribution in [0.4, 0.5) is 0 Å². The molecule has 1 saturated heterocycles. The fraction of sp³-hybridized carbons (Fsp3) is 0.682. The van der Waals surface area contributed by atoms with Crippen LogP contribution in [0.5, 0.6) is 0 Å². The van der Waals surface area contributed by atoms with Crippen LogP contribution in [-0.2, 0) is 28.8 Å². The molecule has 1 rings (SSSR count). The molecule has 0 radical (unpaired) electrons. The van der Waals surface area contributed by atoms with Crippen molar-refractivity contribution < 1.29 is 44.1 Å². The van der Waals surface area contributed by atoms with Gasteiger partial charge in [0, 0.05) is 19.5 Å². The van der Waals surface area contributed by atoms with Gasteiger partial charge in [-0.25, -0.2) is 4.79 Å². The van der Waals surface area contributed by atoms with E-state index in [9.17, 15) is 39.0 Å². The minimum absolute atomic E-state index is 0.0163. The van der Waals surface area contributed by atoms with Gasteiger partial charge in [-0.3, -0.25) is 29.0 Å². The predicted molar refractivity (Wildman–Crippen MR) is 139 cm³/mol. The van der Waals surface area contributed by atoms with Crippen molar-refractivity contribution in [3.05, 3.63) is 0 Å². The minimum atomic E-state index is -1.60. The van der Waals surface area contributed by atoms with Crippen LogP contribution in [-0.4, -0.2) is 118 Å². The number of carbonyl (C=O) groups is 6. The lowest BCUT2D eigenvalue weighted by Crippen LogP contribution is -2.59. The number of likely N-dealkylation sites (tertiary alicyclic amines) is 1. The largest absolute Gasteiger partial charge is 0.480 e. The molecular weight excluding hydrogens is 534 g/mol. The Kier molecular flexibility index (Phi) is 14.3. The molecule has 18 heteroatoms. The monoisotopic (exact) mass is 573 g/mol. The Morgan fingerprint density at radius 2 is 1.48 bits per heavy atom. The molecule has 226 valence electrons. The molecule has 5 amide bonds. The summed E-state index contributed by atoms with van der Waals surface area (Å²) in [6.45, 7) is -1.39. The summed E-state index contributed by atoms with van der Waals surface area (Å²) in [4.78, 5) is 78.9. The van der Waals surface area contributed by atoms with E-state index >= 15 is 0 Å². The van der Waals surface area contributed by atoms with Gasteiger partial charge in [0.25, 0.3) is 0 Å². The van der Waals surface area contributed by atoms with E-state index in [-0.39, 0.29) is 51.2 Å². The zero-order valence-electron chi connectivity index (χ0n) is 22.0. The van der Waals surface area contributed by atoms with Crippen LogP contribution < -0.4 is 38.9 Å². The molecule has 5 atom stereocenters. The number of aliphatic imine (C=N–C) groups is 1. The van der Waals surface area contributed by atoms with Gasteiger partial charge in [0.2, 0.25) is 29.5 Å². The fourth-order valence-corrected chi connectivity index (χ4v) is 3.90. The maximum absolute atomic E-state index is 13.1. The van der Waals surface area contributed by atoms with Gasteiger partial charge < -0.3 is 59.1 Å². The molecule has 0 aliphatic carbocycles. The summed E-state index contributed by atoms with van der Waals surface area (Å²) in [6.07, 6.45) is 0.265. The maximum atomic E-state index is 13.1. The molecular formula is C22H39N9O9. The van der Waals surface area contributed by atoms with E-state index in [2.05, 4.69) is 20.9 Å². The molecule has 1 aliphatic rings. The first-order chi connectivity index (χ1) is 18.8. The zero-order valence-corrected chi connectivity index (χ0v) is 22.0. The first kappa shape index (κ1) is 34.0. The van der Waals surface area contributed by atoms with Crippen LogP contribution in [0.15, 0.2) is 4.99 Å². The molecule has 0 aromatic carbocycles. The van der Waals surface area contributed by atoms with Crippen LogP contribution in [0.25, 0.3) is 0 Å². The lowest BCUT2D eigenvalue weighted by molar-refractivity contribution is -0.149. The minimum Gasteiger partial charge on any atom is -0.480 e. The van der Waals surface area contributed by atoms with Crippen molar-refractivity contribution in [3.8, 4) is 0 Å². The number of guanidine groups is 1. The number of aliphatic hydroxyl groups excluding tert-OH is 2. The van der Waals surface area contributed by atoms with Gasteiger partial charge in [0.15, 0.2) is 5.96 Å². The summed E-state index contributed by atoms with van der Waals surface area (Å²) in [5.41, 5.74) is 21.2. The number of nitrogens with zero attached hydrogens (tertiary/aromatic N) is 2. The van der Waals surface area contributed by atoms with E-state index in [1.54, 1.807) is 0 Å². The lowest BCUT2D eigenvalue weighted by atomic mass is 10.1. The van der Waals surface area contributed by atoms with Crippen molar-refractivity contribution in [1.29, 1.82) is 0 Å². The molecule has 0 aromatic heterocycles. The van der Waals surface area contributed by atoms with E-state index in [0.29, 0.717) is 6.42 Å². The summed E-state index contributed by atoms with van der Waals surface area (Å²) in [6, 6.07) is -6.68. The number of aliphatic hydroxyl groups is 2. The number of rotatable bonds is 17. The zero-order chi connectivity index (χ0) is 30.4. The average molecular weight is 574 g/mol. The Morgan fingerprint density at radius 1 is 0.875 bits per heavy atom. The van der Waals surface area contributed by atoms with E-state index in [1.165, 1.54) is 0 Å². The Labute approximate surface area is 229 Å². The van der Waals surface area contributed by atoms with E-state index in [4.69, 9.17) is 28.0 Å². The Hall–Kier alpha value is -4.03. The van der Waals surface area contributed by atoms with Gasteiger partial charge in [-0.1, -0.05) is 0 Å². The van der Waals surface area contributed by atoms with Crippen molar-refractivity contribution in [3.63, 3.8) is 0 Å². The molecule has 0 bridgehead atoms. The Morgan fingerprint density at radius 3 is 2.02 bits per heavy atom. The number of hydrogen-bond donors (Lipinski definition) is 10. The average Bonchev–Trinajstić information content (AvgIpc) is 3.40. The highest BCUT2D eigenvalue weighted by Gasteiger charge is 2.38. The topological polar surface area (TPSA) is 319 Å². The summed E-state index contributed by atoms with van der Waals surface area (Å²) in [7, 11) is 0. The van der Waals surface area contributed by atoms with Crippen LogP contribution in [0.2, 0.25) is 0 Å². The van der Waals surface area contributed by atoms with Gasteiger partial charge in [-0.05, 0) is 32.1 Å². The second-order valence-corrected chi connectivity index (χ2v) is 9.14. The van der Waals surface area contributed by atoms with E-state index in [0.717, 1.165) is 4.90 Å². The molecule has 0 unspecified atom stereocenters. The summed E-state index contributed by atoms with van der Waals surface area (Å²) >= 11 is 0. The molecule has 0 spiro atoms. The highest BCUT2D eigenvalue weighted by Crippen LogP contribution is 2.19. The summed E-state index contributed by atoms with van der Waals surface area (Å²) in [5.74, 6) is -5.70. The number of hydrogen-bond acceptors (Lipinski definition) is 10. The van der Waals surface area contributed by atoms with Gasteiger partial charge in [0.1, 0.15) is 30.2 Å². The van der Waals surface area contributed by atoms with Crippen LogP contribution in [0.3, 0.4) is 0 Å². The van der Waals surface area contributed by atoms with Gasteiger partial charge in [-0.2, -0.15) is 0 Å². The van der Waals surface area contributed by atoms with E-state index in [1.807, 2.05) is 0 Å². The number of carboxylic acids is 1. The predicted octanol–water partition coefficient (Wildman–Crippen LogP) is -5.85. The second-order valence-electron chi connectivity index (χ2n) is 9.14. The number of primary amides is 1. The van der Waals surface area contributed by atoms with Crippen molar-refractivity contribution in [2.45, 2.75) is 68.7 Å². The van der Waals surface area contributed by atoms with Crippen molar-refractivity contribution in [1.82, 2.24) is 20.9 Å². The third-order valence-electron chi connectivity index (χ3n) is 6.04. The van der Waals surface area contributed by atoms with Crippen molar-refractivity contribution >= 4 is 41.5 Å². The standard InChI is InChI=1S/C22H39N9O9/c23-11(9-32)17(35)28-12(3-1-7-27-22(25)26)18(36)30-14(10-33)19(37)29-13(5-6-16(24)34)20(38)31-8-2-4-15(31)21(39)40/h11-15,32-33H,1-10,23H2,(H2,24,34)(H,28,35)(H,29,37)(H,30,36)(H,39,40)(H4,25,26,27)/t11-,12-,13-,14-,15-/m0/s1. The first-order valence-electron chi connectivity index (χ1n) is 12.6. The number of carboxylic acid groups (broad SMARTS) is 1. The first-order valence-corrected chi connectivity index (χ1v) is 12.6. The Bertz CT molecular complexity index is 958. The normalized spacial score (nSPS) is 17.6. The van der Waals surface area contributed by atoms with Gasteiger partial charge in [-0.15, -0.1) is 0 Å². The summed E-state index contributed by atoms with van der Waals surface area (Å²) in [5, 5.41) is 35.3. The van der Waals surface area contributed by atoms with Crippen LogP contribution in [0.1, 0.15) is 38.5 Å². The second kappa shape index (κ2) is 16.8. The van der Waals surface area contributed by atoms with Crippen molar-refractivity contribution in [2.75, 3.05) is 26.3 Å². The fourth-order valence-electron chi connectivity index (χ4n) is 3.90. The number of aliphatic carboxylic acids is 1. The molecule has 1 fully saturated rings. The highest BCUT2D eigenvalue weighted by molar-refractivity contribution is 5.95. The number of amides is 5. The number of carbonyl (C=O) groups excluding carboxylic acids is 5. The highest BCUT2D eigenvalue weighted by atomic mass is 16.4. The smallest absolute Gasteiger partial charge is 0.326 e. The maximum Gasteiger partial charge on any atom is 0.326 e.